The predicted octanol–water partition coefficient (Wildman–Crippen LogP) is 2.75. The molecule has 0 spiro atoms. The van der Waals surface area contributed by atoms with Gasteiger partial charge in [-0.1, -0.05) is 17.3 Å². The summed E-state index contributed by atoms with van der Waals surface area (Å²) in [4.78, 5) is 27.7. The molecule has 4 rings (SSSR count). The minimum absolute atomic E-state index is 0.0393. The average Bonchev–Trinajstić information content (AvgIpc) is 3.17. The third kappa shape index (κ3) is 4.98. The van der Waals surface area contributed by atoms with E-state index in [0.29, 0.717) is 50.1 Å². The van der Waals surface area contributed by atoms with Crippen LogP contribution in [0, 0.1) is 13.8 Å². The quantitative estimate of drug-likeness (QED) is 0.664. The molecule has 1 N–H and O–H groups in total. The van der Waals surface area contributed by atoms with Gasteiger partial charge < -0.3 is 19.5 Å². The van der Waals surface area contributed by atoms with Crippen LogP contribution in [0.3, 0.4) is 0 Å². The summed E-state index contributed by atoms with van der Waals surface area (Å²) in [7, 11) is 0. The van der Waals surface area contributed by atoms with Gasteiger partial charge in [-0.2, -0.15) is 4.98 Å². The lowest BCUT2D eigenvalue weighted by atomic mass is 10.1. The number of ether oxygens (including phenoxy) is 1. The molecule has 0 saturated carbocycles. The van der Waals surface area contributed by atoms with Crippen LogP contribution in [0.2, 0.25) is 0 Å². The first-order chi connectivity index (χ1) is 14.6. The van der Waals surface area contributed by atoms with E-state index in [9.17, 15) is 4.79 Å². The summed E-state index contributed by atoms with van der Waals surface area (Å²) in [5, 5.41) is 6.97. The monoisotopic (exact) mass is 408 g/mol. The Morgan fingerprint density at radius 3 is 2.70 bits per heavy atom. The number of nitrogens with zero attached hydrogens (tertiary/aromatic N) is 5. The molecule has 1 atom stereocenters. The molecule has 1 aliphatic rings. The summed E-state index contributed by atoms with van der Waals surface area (Å²) in [5.41, 5.74) is 1.70. The summed E-state index contributed by atoms with van der Waals surface area (Å²) >= 11 is 0. The van der Waals surface area contributed by atoms with Gasteiger partial charge in [-0.05, 0) is 38.1 Å². The van der Waals surface area contributed by atoms with E-state index in [1.807, 2.05) is 43.3 Å². The van der Waals surface area contributed by atoms with E-state index in [1.54, 1.807) is 11.8 Å². The number of amides is 1. The van der Waals surface area contributed by atoms with Crippen molar-refractivity contribution < 1.29 is 14.1 Å². The summed E-state index contributed by atoms with van der Waals surface area (Å²) in [6.07, 6.45) is 0.478. The van der Waals surface area contributed by atoms with Crippen molar-refractivity contribution in [2.45, 2.75) is 32.8 Å². The van der Waals surface area contributed by atoms with Crippen LogP contribution in [0.25, 0.3) is 0 Å². The van der Waals surface area contributed by atoms with Crippen LogP contribution in [-0.2, 0) is 16.0 Å². The first-order valence-corrected chi connectivity index (χ1v) is 9.93. The van der Waals surface area contributed by atoms with Crippen molar-refractivity contribution in [3.8, 4) is 0 Å². The van der Waals surface area contributed by atoms with Gasteiger partial charge in [-0.15, -0.1) is 0 Å². The smallest absolute Gasteiger partial charge is 0.227 e. The van der Waals surface area contributed by atoms with Gasteiger partial charge in [0, 0.05) is 25.1 Å². The molecule has 0 aliphatic carbocycles. The number of rotatable bonds is 6. The Labute approximate surface area is 174 Å². The number of nitrogens with one attached hydrogen (secondary N) is 1. The van der Waals surface area contributed by atoms with E-state index < -0.39 is 0 Å². The summed E-state index contributed by atoms with van der Waals surface area (Å²) in [5.74, 6) is 2.51. The zero-order chi connectivity index (χ0) is 20.9. The van der Waals surface area contributed by atoms with Gasteiger partial charge in [-0.25, -0.2) is 9.97 Å². The highest BCUT2D eigenvalue weighted by molar-refractivity contribution is 5.76. The van der Waals surface area contributed by atoms with Crippen molar-refractivity contribution in [1.29, 1.82) is 0 Å². The lowest BCUT2D eigenvalue weighted by Gasteiger charge is -2.32. The van der Waals surface area contributed by atoms with Gasteiger partial charge in [-0.3, -0.25) is 4.79 Å². The van der Waals surface area contributed by atoms with Crippen molar-refractivity contribution in [3.05, 3.63) is 59.5 Å². The Hall–Kier alpha value is -3.33. The zero-order valence-electron chi connectivity index (χ0n) is 17.0. The number of aryl methyl sites for hydroxylation is 3. The second-order valence-corrected chi connectivity index (χ2v) is 7.17. The molecule has 0 bridgehead atoms. The molecule has 1 fully saturated rings. The predicted molar refractivity (Wildman–Crippen MR) is 109 cm³/mol. The molecule has 0 radical (unpaired) electrons. The fourth-order valence-electron chi connectivity index (χ4n) is 3.31. The van der Waals surface area contributed by atoms with Gasteiger partial charge >= 0.3 is 0 Å². The molecule has 4 heterocycles. The van der Waals surface area contributed by atoms with Crippen molar-refractivity contribution >= 4 is 17.5 Å². The van der Waals surface area contributed by atoms with Gasteiger partial charge in [0.2, 0.25) is 11.8 Å². The lowest BCUT2D eigenvalue weighted by Crippen LogP contribution is -2.42. The summed E-state index contributed by atoms with van der Waals surface area (Å²) < 4.78 is 11.0. The van der Waals surface area contributed by atoms with Crippen LogP contribution >= 0.6 is 0 Å². The number of carbonyl (C=O) groups excluding carboxylic acids is 1. The molecule has 3 aromatic rings. The molecule has 1 saturated heterocycles. The Balaban J connectivity index is 1.38. The molecule has 0 unspecified atom stereocenters. The van der Waals surface area contributed by atoms with Gasteiger partial charge in [0.25, 0.3) is 0 Å². The van der Waals surface area contributed by atoms with Gasteiger partial charge in [0.15, 0.2) is 5.82 Å². The maximum absolute atomic E-state index is 12.6. The first kappa shape index (κ1) is 20.0. The molecule has 156 valence electrons. The van der Waals surface area contributed by atoms with Crippen LogP contribution in [0.5, 0.6) is 0 Å². The SMILES string of the molecule is Cc1cccc(Nc2cccc([C@@H]3CN(C(=O)CCc4nc(C)no4)CCO3)n2)n1. The molecule has 9 nitrogen and oxygen atoms in total. The largest absolute Gasteiger partial charge is 0.368 e. The number of carbonyl (C=O) groups is 1. The maximum Gasteiger partial charge on any atom is 0.227 e. The van der Waals surface area contributed by atoms with E-state index >= 15 is 0 Å². The van der Waals surface area contributed by atoms with Gasteiger partial charge in [0.05, 0.1) is 18.8 Å². The van der Waals surface area contributed by atoms with E-state index in [1.165, 1.54) is 0 Å². The van der Waals surface area contributed by atoms with Crippen molar-refractivity contribution in [2.24, 2.45) is 0 Å². The zero-order valence-corrected chi connectivity index (χ0v) is 17.0. The highest BCUT2D eigenvalue weighted by atomic mass is 16.5. The fourth-order valence-corrected chi connectivity index (χ4v) is 3.31. The number of morpholine rings is 1. The van der Waals surface area contributed by atoms with Crippen molar-refractivity contribution in [2.75, 3.05) is 25.0 Å². The summed E-state index contributed by atoms with van der Waals surface area (Å²) in [6, 6.07) is 11.5. The van der Waals surface area contributed by atoms with Gasteiger partial charge in [0.1, 0.15) is 17.7 Å². The summed E-state index contributed by atoms with van der Waals surface area (Å²) in [6.45, 7) is 5.18. The molecule has 9 heteroatoms. The number of pyridine rings is 2. The highest BCUT2D eigenvalue weighted by Crippen LogP contribution is 2.23. The number of aromatic nitrogens is 4. The number of anilines is 2. The first-order valence-electron chi connectivity index (χ1n) is 9.93. The molecule has 30 heavy (non-hydrogen) atoms. The van der Waals surface area contributed by atoms with Crippen molar-refractivity contribution in [1.82, 2.24) is 25.0 Å². The maximum atomic E-state index is 12.6. The van der Waals surface area contributed by atoms with Crippen LogP contribution in [-0.4, -0.2) is 50.6 Å². The Bertz CT molecular complexity index is 1020. The second kappa shape index (κ2) is 9.00. The van der Waals surface area contributed by atoms with E-state index in [-0.39, 0.29) is 12.0 Å². The molecular weight excluding hydrogens is 384 g/mol. The van der Waals surface area contributed by atoms with Crippen molar-refractivity contribution in [3.63, 3.8) is 0 Å². The Morgan fingerprint density at radius 1 is 1.13 bits per heavy atom. The van der Waals surface area contributed by atoms with Crippen LogP contribution in [0.4, 0.5) is 11.6 Å². The molecular formula is C21H24N6O3. The Kier molecular flexibility index (Phi) is 5.99. The van der Waals surface area contributed by atoms with Crippen LogP contribution < -0.4 is 5.32 Å². The second-order valence-electron chi connectivity index (χ2n) is 7.17. The van der Waals surface area contributed by atoms with E-state index in [2.05, 4.69) is 25.4 Å². The lowest BCUT2D eigenvalue weighted by molar-refractivity contribution is -0.139. The molecule has 1 amide bonds. The third-order valence-electron chi connectivity index (χ3n) is 4.79. The minimum Gasteiger partial charge on any atom is -0.368 e. The topological polar surface area (TPSA) is 106 Å². The number of hydrogen-bond acceptors (Lipinski definition) is 8. The molecule has 0 aromatic carbocycles. The number of hydrogen-bond donors (Lipinski definition) is 1. The third-order valence-corrected chi connectivity index (χ3v) is 4.79. The molecule has 3 aromatic heterocycles. The molecule has 1 aliphatic heterocycles. The van der Waals surface area contributed by atoms with E-state index in [4.69, 9.17) is 9.26 Å². The van der Waals surface area contributed by atoms with Crippen LogP contribution in [0.15, 0.2) is 40.9 Å². The standard InChI is InChI=1S/C21H24N6O3/c1-14-5-3-7-18(22-14)25-19-8-4-6-16(24-19)17-13-27(11-12-29-17)21(28)10-9-20-23-15(2)26-30-20/h3-8,17H,9-13H2,1-2H3,(H,22,24,25)/t17-/m0/s1. The average molecular weight is 408 g/mol. The normalized spacial score (nSPS) is 16.5. The van der Waals surface area contributed by atoms with E-state index in [0.717, 1.165) is 17.2 Å². The Morgan fingerprint density at radius 2 is 1.93 bits per heavy atom. The highest BCUT2D eigenvalue weighted by Gasteiger charge is 2.26. The minimum atomic E-state index is -0.277. The fraction of sp³-hybridized carbons (Fsp3) is 0.381. The van der Waals surface area contributed by atoms with Crippen LogP contribution in [0.1, 0.15) is 35.6 Å².